The third-order valence-electron chi connectivity index (χ3n) is 5.37. The zero-order valence-electron chi connectivity index (χ0n) is 19.9. The molecule has 3 aromatic carbocycles. The first-order valence-electron chi connectivity index (χ1n) is 11.3. The number of aromatic nitrogens is 3. The Morgan fingerprint density at radius 1 is 1.03 bits per heavy atom. The summed E-state index contributed by atoms with van der Waals surface area (Å²) in [5.41, 5.74) is 2.01. The Morgan fingerprint density at radius 2 is 1.73 bits per heavy atom. The fourth-order valence-corrected chi connectivity index (χ4v) is 3.66. The third-order valence-corrected chi connectivity index (χ3v) is 5.70. The normalized spacial score (nSPS) is 11.4. The lowest BCUT2D eigenvalue weighted by Gasteiger charge is -2.13. The van der Waals surface area contributed by atoms with E-state index in [0.717, 1.165) is 17.8 Å². The monoisotopic (exact) mass is 529 g/mol. The van der Waals surface area contributed by atoms with Crippen LogP contribution in [-0.4, -0.2) is 21.0 Å². The van der Waals surface area contributed by atoms with E-state index in [1.807, 2.05) is 12.1 Å². The summed E-state index contributed by atoms with van der Waals surface area (Å²) in [4.78, 5) is 12.3. The molecule has 2 amide bonds. The summed E-state index contributed by atoms with van der Waals surface area (Å²) in [6, 6.07) is 17.0. The molecule has 0 spiro atoms. The fraction of sp³-hybridized carbons (Fsp3) is 0.192. The van der Waals surface area contributed by atoms with Gasteiger partial charge in [0.1, 0.15) is 18.1 Å². The van der Waals surface area contributed by atoms with Crippen molar-refractivity contribution in [1.29, 1.82) is 0 Å². The van der Waals surface area contributed by atoms with E-state index in [9.17, 15) is 18.0 Å². The highest BCUT2D eigenvalue weighted by molar-refractivity contribution is 6.31. The minimum atomic E-state index is -4.64. The van der Waals surface area contributed by atoms with Gasteiger partial charge >= 0.3 is 12.2 Å². The molecular weight excluding hydrogens is 507 g/mol. The number of carbonyl (C=O) groups excluding carboxylic acids is 1. The minimum absolute atomic E-state index is 0.0523. The predicted octanol–water partition coefficient (Wildman–Crippen LogP) is 7.29. The molecule has 0 bridgehead atoms. The van der Waals surface area contributed by atoms with Gasteiger partial charge in [-0.15, -0.1) is 5.10 Å². The highest BCUT2D eigenvalue weighted by Gasteiger charge is 2.33. The Morgan fingerprint density at radius 3 is 2.41 bits per heavy atom. The molecular formula is C26H23ClF3N5O2. The molecule has 0 aliphatic carbocycles. The molecule has 0 atom stereocenters. The van der Waals surface area contributed by atoms with Crippen LogP contribution in [0.5, 0.6) is 5.75 Å². The molecule has 4 rings (SSSR count). The van der Waals surface area contributed by atoms with Gasteiger partial charge in [0, 0.05) is 17.4 Å². The largest absolute Gasteiger partial charge is 0.487 e. The second-order valence-corrected chi connectivity index (χ2v) is 8.90. The number of rotatable bonds is 7. The lowest BCUT2D eigenvalue weighted by molar-refractivity contribution is -0.137. The molecule has 2 N–H and O–H groups in total. The van der Waals surface area contributed by atoms with Gasteiger partial charge in [-0.25, -0.2) is 9.48 Å². The molecule has 0 saturated carbocycles. The van der Waals surface area contributed by atoms with Crippen molar-refractivity contribution >= 4 is 29.0 Å². The number of hydrogen-bond acceptors (Lipinski definition) is 4. The van der Waals surface area contributed by atoms with Crippen LogP contribution in [0.4, 0.5) is 29.3 Å². The van der Waals surface area contributed by atoms with Gasteiger partial charge in [-0.2, -0.15) is 13.2 Å². The van der Waals surface area contributed by atoms with E-state index in [1.165, 1.54) is 11.6 Å². The molecule has 0 radical (unpaired) electrons. The summed E-state index contributed by atoms with van der Waals surface area (Å²) in [5.74, 6) is 0.893. The number of nitrogens with one attached hydrogen (secondary N) is 2. The van der Waals surface area contributed by atoms with E-state index < -0.39 is 22.8 Å². The number of hydrogen-bond donors (Lipinski definition) is 2. The summed E-state index contributed by atoms with van der Waals surface area (Å²) >= 11 is 5.61. The van der Waals surface area contributed by atoms with Crippen LogP contribution < -0.4 is 15.4 Å². The Kier molecular flexibility index (Phi) is 7.68. The third kappa shape index (κ3) is 6.79. The lowest BCUT2D eigenvalue weighted by atomic mass is 10.0. The molecule has 0 saturated heterocycles. The van der Waals surface area contributed by atoms with Crippen molar-refractivity contribution in [1.82, 2.24) is 15.0 Å². The number of nitrogens with zero attached hydrogens (tertiary/aromatic N) is 3. The highest BCUT2D eigenvalue weighted by atomic mass is 35.5. The van der Waals surface area contributed by atoms with E-state index in [4.69, 9.17) is 16.3 Å². The maximum absolute atomic E-state index is 13.0. The van der Waals surface area contributed by atoms with E-state index in [1.54, 1.807) is 35.1 Å². The van der Waals surface area contributed by atoms with Crippen LogP contribution in [0.3, 0.4) is 0 Å². The van der Waals surface area contributed by atoms with E-state index in [2.05, 4.69) is 46.9 Å². The number of amides is 2. The molecule has 0 fully saturated rings. The maximum Gasteiger partial charge on any atom is 0.417 e. The smallest absolute Gasteiger partial charge is 0.417 e. The van der Waals surface area contributed by atoms with Gasteiger partial charge in [-0.3, -0.25) is 0 Å². The molecule has 192 valence electrons. The first-order valence-corrected chi connectivity index (χ1v) is 11.7. The summed E-state index contributed by atoms with van der Waals surface area (Å²) in [5, 5.41) is 12.7. The van der Waals surface area contributed by atoms with Gasteiger partial charge in [0.15, 0.2) is 0 Å². The number of alkyl halides is 3. The van der Waals surface area contributed by atoms with E-state index in [0.29, 0.717) is 23.0 Å². The zero-order chi connectivity index (χ0) is 26.6. The summed E-state index contributed by atoms with van der Waals surface area (Å²) in [6.45, 7) is 4.40. The summed E-state index contributed by atoms with van der Waals surface area (Å²) in [6.07, 6.45) is -2.87. The molecule has 0 aliphatic rings. The zero-order valence-corrected chi connectivity index (χ0v) is 20.6. The number of urea groups is 1. The number of anilines is 2. The van der Waals surface area contributed by atoms with Crippen molar-refractivity contribution in [2.75, 3.05) is 10.6 Å². The van der Waals surface area contributed by atoms with Crippen LogP contribution in [-0.2, 0) is 12.8 Å². The highest BCUT2D eigenvalue weighted by Crippen LogP contribution is 2.36. The van der Waals surface area contributed by atoms with Gasteiger partial charge < -0.3 is 15.4 Å². The van der Waals surface area contributed by atoms with Crippen molar-refractivity contribution in [2.24, 2.45) is 0 Å². The van der Waals surface area contributed by atoms with Gasteiger partial charge in [-0.05, 0) is 53.9 Å². The lowest BCUT2D eigenvalue weighted by Crippen LogP contribution is -2.20. The van der Waals surface area contributed by atoms with Crippen molar-refractivity contribution in [3.05, 3.63) is 94.8 Å². The summed E-state index contributed by atoms with van der Waals surface area (Å²) < 4.78 is 46.6. The Labute approximate surface area is 216 Å². The van der Waals surface area contributed by atoms with Gasteiger partial charge in [0.05, 0.1) is 22.5 Å². The molecule has 4 aromatic rings. The second kappa shape index (κ2) is 10.9. The fourth-order valence-electron chi connectivity index (χ4n) is 3.44. The SMILES string of the molecule is CC(C)c1ccc(-n2cc(COc3cccc(NC(=O)Nc4ccc(Cl)c(C(F)(F)F)c4)c3)nn2)cc1. The number of halogens is 4. The molecule has 1 heterocycles. The Balaban J connectivity index is 1.35. The van der Waals surface area contributed by atoms with Crippen LogP contribution in [0.1, 0.15) is 36.6 Å². The van der Waals surface area contributed by atoms with Crippen LogP contribution in [0, 0.1) is 0 Å². The molecule has 0 aliphatic heterocycles. The predicted molar refractivity (Wildman–Crippen MR) is 135 cm³/mol. The molecule has 1 aromatic heterocycles. The molecule has 0 unspecified atom stereocenters. The van der Waals surface area contributed by atoms with Crippen LogP contribution in [0.2, 0.25) is 5.02 Å². The number of ether oxygens (including phenoxy) is 1. The minimum Gasteiger partial charge on any atom is -0.487 e. The molecule has 11 heteroatoms. The van der Waals surface area contributed by atoms with Crippen molar-refractivity contribution in [2.45, 2.75) is 32.5 Å². The van der Waals surface area contributed by atoms with Crippen molar-refractivity contribution in [3.63, 3.8) is 0 Å². The average Bonchev–Trinajstić information content (AvgIpc) is 3.33. The molecule has 37 heavy (non-hydrogen) atoms. The van der Waals surface area contributed by atoms with Crippen molar-refractivity contribution < 1.29 is 22.7 Å². The number of carbonyl (C=O) groups is 1. The summed E-state index contributed by atoms with van der Waals surface area (Å²) in [7, 11) is 0. The number of benzene rings is 3. The van der Waals surface area contributed by atoms with Gasteiger partial charge in [-0.1, -0.05) is 48.9 Å². The van der Waals surface area contributed by atoms with Gasteiger partial charge in [0.25, 0.3) is 0 Å². The first-order chi connectivity index (χ1) is 17.6. The van der Waals surface area contributed by atoms with E-state index in [-0.39, 0.29) is 12.3 Å². The second-order valence-electron chi connectivity index (χ2n) is 8.49. The first kappa shape index (κ1) is 26.0. The average molecular weight is 530 g/mol. The topological polar surface area (TPSA) is 81.1 Å². The maximum atomic E-state index is 13.0. The Hall–Kier alpha value is -4.05. The van der Waals surface area contributed by atoms with Crippen LogP contribution in [0.15, 0.2) is 72.9 Å². The standard InChI is InChI=1S/C26H23ClF3N5O2/c1-16(2)17-6-9-21(10-7-17)35-14-20(33-34-35)15-37-22-5-3-4-18(12-22)31-25(36)32-19-8-11-24(27)23(13-19)26(28,29)30/h3-14,16H,15H2,1-2H3,(H2,31,32,36). The van der Waals surface area contributed by atoms with Crippen LogP contribution >= 0.6 is 11.6 Å². The van der Waals surface area contributed by atoms with Gasteiger partial charge in [0.2, 0.25) is 0 Å². The Bertz CT molecular complexity index is 1390. The van der Waals surface area contributed by atoms with Crippen molar-refractivity contribution in [3.8, 4) is 11.4 Å². The van der Waals surface area contributed by atoms with E-state index >= 15 is 0 Å². The van der Waals surface area contributed by atoms with Crippen LogP contribution in [0.25, 0.3) is 5.69 Å². The quantitative estimate of drug-likeness (QED) is 0.263. The molecule has 7 nitrogen and oxygen atoms in total.